The molecule has 0 aliphatic heterocycles. The first kappa shape index (κ1) is 18.8. The number of nitrogens with one attached hydrogen (secondary N) is 1. The van der Waals surface area contributed by atoms with Crippen LogP contribution in [0.4, 0.5) is 4.39 Å². The number of H-pyrrole nitrogens is 1. The van der Waals surface area contributed by atoms with E-state index in [9.17, 15) is 9.18 Å². The van der Waals surface area contributed by atoms with Crippen molar-refractivity contribution in [3.05, 3.63) is 90.0 Å². The molecular weight excluding hydrogens is 395 g/mol. The largest absolute Gasteiger partial charge is 0.340 e. The van der Waals surface area contributed by atoms with Crippen molar-refractivity contribution in [3.63, 3.8) is 0 Å². The van der Waals surface area contributed by atoms with Gasteiger partial charge in [0.05, 0.1) is 29.7 Å². The van der Waals surface area contributed by atoms with Crippen molar-refractivity contribution in [3.8, 4) is 22.6 Å². The van der Waals surface area contributed by atoms with E-state index in [1.807, 2.05) is 19.1 Å². The quantitative estimate of drug-likeness (QED) is 0.440. The summed E-state index contributed by atoms with van der Waals surface area (Å²) < 4.78 is 15.0. The number of benzene rings is 1. The van der Waals surface area contributed by atoms with Crippen molar-refractivity contribution < 1.29 is 9.18 Å². The van der Waals surface area contributed by atoms with E-state index < -0.39 is 0 Å². The van der Waals surface area contributed by atoms with Crippen LogP contribution in [0.5, 0.6) is 0 Å². The highest BCUT2D eigenvalue weighted by Crippen LogP contribution is 2.29. The van der Waals surface area contributed by atoms with E-state index >= 15 is 0 Å². The zero-order valence-electron chi connectivity index (χ0n) is 16.6. The minimum Gasteiger partial charge on any atom is -0.340 e. The molecule has 0 atom stereocenters. The zero-order valence-corrected chi connectivity index (χ0v) is 16.6. The summed E-state index contributed by atoms with van der Waals surface area (Å²) in [6.45, 7) is 1.86. The Morgan fingerprint density at radius 1 is 1.03 bits per heavy atom. The van der Waals surface area contributed by atoms with Gasteiger partial charge in [-0.25, -0.2) is 18.9 Å². The molecule has 0 aliphatic carbocycles. The Morgan fingerprint density at radius 2 is 1.81 bits per heavy atom. The SMILES string of the molecule is Cc1nc(-c2ccc(F)cc2)c(-c2ccc3nc(CC(=O)c4ccncc4)cn3n2)[nH]1. The van der Waals surface area contributed by atoms with Gasteiger partial charge in [0, 0.05) is 23.5 Å². The van der Waals surface area contributed by atoms with E-state index in [4.69, 9.17) is 0 Å². The molecule has 0 amide bonds. The number of halogens is 1. The van der Waals surface area contributed by atoms with Gasteiger partial charge >= 0.3 is 0 Å². The maximum Gasteiger partial charge on any atom is 0.168 e. The van der Waals surface area contributed by atoms with Crippen LogP contribution in [0, 0.1) is 12.7 Å². The van der Waals surface area contributed by atoms with Gasteiger partial charge in [-0.2, -0.15) is 5.10 Å². The molecule has 0 fully saturated rings. The predicted octanol–water partition coefficient (Wildman–Crippen LogP) is 4.05. The Hall–Kier alpha value is -4.20. The minimum absolute atomic E-state index is 0.0335. The van der Waals surface area contributed by atoms with Crippen LogP contribution in [0.2, 0.25) is 0 Å². The van der Waals surface area contributed by atoms with Crippen molar-refractivity contribution in [1.29, 1.82) is 0 Å². The normalized spacial score (nSPS) is 11.2. The van der Waals surface area contributed by atoms with Gasteiger partial charge < -0.3 is 4.98 Å². The molecule has 152 valence electrons. The molecule has 5 aromatic rings. The molecule has 1 N–H and O–H groups in total. The number of rotatable bonds is 5. The first-order valence-corrected chi connectivity index (χ1v) is 9.68. The molecule has 0 saturated carbocycles. The molecule has 0 aliphatic rings. The topological polar surface area (TPSA) is 88.8 Å². The number of pyridine rings is 1. The molecule has 0 bridgehead atoms. The maximum absolute atomic E-state index is 13.3. The van der Waals surface area contributed by atoms with Crippen molar-refractivity contribution in [2.45, 2.75) is 13.3 Å². The van der Waals surface area contributed by atoms with Gasteiger partial charge in [-0.1, -0.05) is 0 Å². The van der Waals surface area contributed by atoms with E-state index in [1.165, 1.54) is 12.1 Å². The number of aromatic amines is 1. The number of carbonyl (C=O) groups is 1. The zero-order chi connectivity index (χ0) is 21.4. The molecule has 0 spiro atoms. The summed E-state index contributed by atoms with van der Waals surface area (Å²) in [4.78, 5) is 28.7. The fraction of sp³-hybridized carbons (Fsp3) is 0.0870. The first-order valence-electron chi connectivity index (χ1n) is 9.68. The highest BCUT2D eigenvalue weighted by Gasteiger charge is 2.16. The maximum atomic E-state index is 13.3. The summed E-state index contributed by atoms with van der Waals surface area (Å²) in [5.41, 5.74) is 4.74. The minimum atomic E-state index is -0.302. The lowest BCUT2D eigenvalue weighted by Crippen LogP contribution is -2.03. The Morgan fingerprint density at radius 3 is 2.58 bits per heavy atom. The van der Waals surface area contributed by atoms with E-state index in [1.54, 1.807) is 47.4 Å². The first-order chi connectivity index (χ1) is 15.1. The van der Waals surface area contributed by atoms with E-state index in [2.05, 4.69) is 25.0 Å². The van der Waals surface area contributed by atoms with Crippen LogP contribution in [-0.2, 0) is 6.42 Å². The van der Waals surface area contributed by atoms with E-state index in [0.717, 1.165) is 17.1 Å². The number of Topliss-reactive ketones (excluding diaryl/α,β-unsaturated/α-hetero) is 1. The molecular formula is C23H17FN6O. The number of carbonyl (C=O) groups excluding carboxylic acids is 1. The second-order valence-electron chi connectivity index (χ2n) is 7.14. The average Bonchev–Trinajstić information content (AvgIpc) is 3.37. The van der Waals surface area contributed by atoms with Crippen molar-refractivity contribution in [2.24, 2.45) is 0 Å². The van der Waals surface area contributed by atoms with E-state index in [-0.39, 0.29) is 18.0 Å². The third kappa shape index (κ3) is 3.71. The molecule has 4 aromatic heterocycles. The summed E-state index contributed by atoms with van der Waals surface area (Å²) in [6, 6.07) is 13.2. The second kappa shape index (κ2) is 7.56. The number of fused-ring (bicyclic) bond motifs is 1. The number of hydrogen-bond donors (Lipinski definition) is 1. The lowest BCUT2D eigenvalue weighted by Gasteiger charge is -2.03. The number of ketones is 1. The highest BCUT2D eigenvalue weighted by atomic mass is 19.1. The van der Waals surface area contributed by atoms with Crippen molar-refractivity contribution in [1.82, 2.24) is 29.5 Å². The Bertz CT molecular complexity index is 1390. The molecule has 1 aromatic carbocycles. The number of hydrogen-bond acceptors (Lipinski definition) is 5. The van der Waals surface area contributed by atoms with Crippen molar-refractivity contribution >= 4 is 11.4 Å². The third-order valence-electron chi connectivity index (χ3n) is 4.91. The number of aryl methyl sites for hydroxylation is 1. The standard InChI is InChI=1S/C23H17FN6O/c1-14-26-22(16-2-4-17(24)5-3-16)23(27-14)19-6-7-21-28-18(13-30(21)29-19)12-20(31)15-8-10-25-11-9-15/h2-11,13H,12H2,1H3,(H,26,27). The molecule has 7 nitrogen and oxygen atoms in total. The summed E-state index contributed by atoms with van der Waals surface area (Å²) in [7, 11) is 0. The summed E-state index contributed by atoms with van der Waals surface area (Å²) >= 11 is 0. The fourth-order valence-corrected chi connectivity index (χ4v) is 3.45. The summed E-state index contributed by atoms with van der Waals surface area (Å²) in [5.74, 6) is 0.392. The average molecular weight is 412 g/mol. The van der Waals surface area contributed by atoms with Gasteiger partial charge in [0.1, 0.15) is 17.3 Å². The van der Waals surface area contributed by atoms with Gasteiger partial charge in [-0.15, -0.1) is 0 Å². The number of imidazole rings is 2. The molecule has 0 radical (unpaired) electrons. The van der Waals surface area contributed by atoms with Crippen LogP contribution in [0.3, 0.4) is 0 Å². The molecule has 0 saturated heterocycles. The van der Waals surface area contributed by atoms with Gasteiger partial charge in [-0.05, 0) is 55.5 Å². The van der Waals surface area contributed by atoms with Gasteiger partial charge in [0.25, 0.3) is 0 Å². The fourth-order valence-electron chi connectivity index (χ4n) is 3.45. The van der Waals surface area contributed by atoms with Gasteiger partial charge in [-0.3, -0.25) is 9.78 Å². The van der Waals surface area contributed by atoms with E-state index in [0.29, 0.717) is 28.3 Å². The summed E-state index contributed by atoms with van der Waals surface area (Å²) in [6.07, 6.45) is 5.11. The second-order valence-corrected chi connectivity index (χ2v) is 7.14. The smallest absolute Gasteiger partial charge is 0.168 e. The molecule has 5 rings (SSSR count). The third-order valence-corrected chi connectivity index (χ3v) is 4.91. The molecule has 8 heteroatoms. The molecule has 0 unspecified atom stereocenters. The molecule has 31 heavy (non-hydrogen) atoms. The predicted molar refractivity (Wildman–Crippen MR) is 113 cm³/mol. The van der Waals surface area contributed by atoms with Crippen LogP contribution >= 0.6 is 0 Å². The van der Waals surface area contributed by atoms with Crippen LogP contribution in [0.25, 0.3) is 28.3 Å². The molecule has 4 heterocycles. The van der Waals surface area contributed by atoms with Crippen LogP contribution in [0.1, 0.15) is 21.9 Å². The lowest BCUT2D eigenvalue weighted by molar-refractivity contribution is 0.0992. The van der Waals surface area contributed by atoms with Crippen LogP contribution < -0.4 is 0 Å². The monoisotopic (exact) mass is 412 g/mol. The Labute approximate surface area is 176 Å². The Balaban J connectivity index is 1.49. The van der Waals surface area contributed by atoms with Crippen molar-refractivity contribution in [2.75, 3.05) is 0 Å². The summed E-state index contributed by atoms with van der Waals surface area (Å²) in [5, 5.41) is 4.65. The highest BCUT2D eigenvalue weighted by molar-refractivity contribution is 5.97. The van der Waals surface area contributed by atoms with Gasteiger partial charge in [0.2, 0.25) is 0 Å². The van der Waals surface area contributed by atoms with Crippen LogP contribution in [-0.4, -0.2) is 35.3 Å². The van der Waals surface area contributed by atoms with Crippen LogP contribution in [0.15, 0.2) is 67.1 Å². The Kier molecular flexibility index (Phi) is 4.59. The lowest BCUT2D eigenvalue weighted by atomic mass is 10.1. The number of nitrogens with zero attached hydrogens (tertiary/aromatic N) is 5. The van der Waals surface area contributed by atoms with Gasteiger partial charge in [0.15, 0.2) is 11.4 Å². The number of aromatic nitrogens is 6.